The molecule has 1 amide bonds. The Balaban J connectivity index is 3.63. The summed E-state index contributed by atoms with van der Waals surface area (Å²) in [6.45, 7) is 3.93. The monoisotopic (exact) mass is 131 g/mol. The minimum Gasteiger partial charge on any atom is -0.276 e. The second-order valence-electron chi connectivity index (χ2n) is 1.91. The molecule has 0 aromatic heterocycles. The predicted molar refractivity (Wildman–Crippen MR) is 34.7 cm³/mol. The summed E-state index contributed by atoms with van der Waals surface area (Å²) in [5.41, 5.74) is 0. The highest BCUT2D eigenvalue weighted by atomic mass is 16.7. The SMILES string of the molecule is CCC(C)N(C=O)OC. The van der Waals surface area contributed by atoms with Gasteiger partial charge in [0.1, 0.15) is 0 Å². The van der Waals surface area contributed by atoms with Crippen molar-refractivity contribution >= 4 is 6.41 Å². The lowest BCUT2D eigenvalue weighted by atomic mass is 10.3. The van der Waals surface area contributed by atoms with Crippen molar-refractivity contribution in [2.75, 3.05) is 7.11 Å². The maximum Gasteiger partial charge on any atom is 0.233 e. The molecule has 0 aliphatic heterocycles. The Morgan fingerprint density at radius 2 is 2.33 bits per heavy atom. The van der Waals surface area contributed by atoms with Crippen LogP contribution in [0, 0.1) is 0 Å². The van der Waals surface area contributed by atoms with Gasteiger partial charge in [0.25, 0.3) is 0 Å². The van der Waals surface area contributed by atoms with Gasteiger partial charge in [-0.25, -0.2) is 5.06 Å². The largest absolute Gasteiger partial charge is 0.276 e. The smallest absolute Gasteiger partial charge is 0.233 e. The summed E-state index contributed by atoms with van der Waals surface area (Å²) in [6, 6.07) is 0.174. The molecule has 3 heteroatoms. The van der Waals surface area contributed by atoms with Crippen LogP contribution in [0.2, 0.25) is 0 Å². The molecule has 0 saturated carbocycles. The molecule has 0 bridgehead atoms. The summed E-state index contributed by atoms with van der Waals surface area (Å²) in [5.74, 6) is 0. The van der Waals surface area contributed by atoms with Crippen LogP contribution in [-0.2, 0) is 9.63 Å². The molecule has 0 fully saturated rings. The van der Waals surface area contributed by atoms with Gasteiger partial charge in [-0.2, -0.15) is 0 Å². The van der Waals surface area contributed by atoms with E-state index in [1.165, 1.54) is 12.2 Å². The molecule has 0 spiro atoms. The first-order chi connectivity index (χ1) is 4.26. The molecule has 0 radical (unpaired) electrons. The van der Waals surface area contributed by atoms with Gasteiger partial charge in [-0.15, -0.1) is 0 Å². The van der Waals surface area contributed by atoms with E-state index in [2.05, 4.69) is 0 Å². The molecule has 0 aromatic rings. The van der Waals surface area contributed by atoms with E-state index in [1.807, 2.05) is 13.8 Å². The van der Waals surface area contributed by atoms with E-state index in [0.717, 1.165) is 6.42 Å². The topological polar surface area (TPSA) is 29.5 Å². The molecule has 9 heavy (non-hydrogen) atoms. The Morgan fingerprint density at radius 1 is 1.78 bits per heavy atom. The molecule has 0 N–H and O–H groups in total. The van der Waals surface area contributed by atoms with Gasteiger partial charge in [-0.1, -0.05) is 6.92 Å². The van der Waals surface area contributed by atoms with E-state index in [4.69, 9.17) is 4.84 Å². The van der Waals surface area contributed by atoms with Gasteiger partial charge in [-0.3, -0.25) is 9.63 Å². The number of rotatable bonds is 4. The maximum atomic E-state index is 10.1. The van der Waals surface area contributed by atoms with Gasteiger partial charge in [0, 0.05) is 0 Å². The second-order valence-corrected chi connectivity index (χ2v) is 1.91. The number of carbonyl (C=O) groups excluding carboxylic acids is 1. The van der Waals surface area contributed by atoms with E-state index in [0.29, 0.717) is 6.41 Å². The third kappa shape index (κ3) is 2.46. The van der Waals surface area contributed by atoms with Crippen LogP contribution in [0.15, 0.2) is 0 Å². The van der Waals surface area contributed by atoms with E-state index in [-0.39, 0.29) is 6.04 Å². The Bertz CT molecular complexity index is 85.1. The van der Waals surface area contributed by atoms with Crippen LogP contribution in [0.4, 0.5) is 0 Å². The highest BCUT2D eigenvalue weighted by Crippen LogP contribution is 1.98. The van der Waals surface area contributed by atoms with Crippen LogP contribution in [0.3, 0.4) is 0 Å². The Hall–Kier alpha value is -0.570. The van der Waals surface area contributed by atoms with Crippen molar-refractivity contribution in [3.8, 4) is 0 Å². The fraction of sp³-hybridized carbons (Fsp3) is 0.833. The zero-order chi connectivity index (χ0) is 7.28. The lowest BCUT2D eigenvalue weighted by Crippen LogP contribution is -2.29. The number of hydrogen-bond donors (Lipinski definition) is 0. The number of amides is 1. The van der Waals surface area contributed by atoms with Crippen molar-refractivity contribution in [1.82, 2.24) is 5.06 Å². The fourth-order valence-corrected chi connectivity index (χ4v) is 0.507. The minimum absolute atomic E-state index is 0.174. The third-order valence-electron chi connectivity index (χ3n) is 1.34. The highest BCUT2D eigenvalue weighted by Gasteiger charge is 2.06. The van der Waals surface area contributed by atoms with Crippen molar-refractivity contribution < 1.29 is 9.63 Å². The van der Waals surface area contributed by atoms with E-state index in [9.17, 15) is 4.79 Å². The molecule has 1 unspecified atom stereocenters. The molecule has 0 aliphatic rings. The summed E-state index contributed by atoms with van der Waals surface area (Å²) in [5, 5.41) is 1.29. The fourth-order valence-electron chi connectivity index (χ4n) is 0.507. The maximum absolute atomic E-state index is 10.1. The van der Waals surface area contributed by atoms with Gasteiger partial charge in [0.2, 0.25) is 6.41 Å². The lowest BCUT2D eigenvalue weighted by Gasteiger charge is -2.19. The molecular formula is C6H13NO2. The first-order valence-corrected chi connectivity index (χ1v) is 3.04. The van der Waals surface area contributed by atoms with Crippen molar-refractivity contribution in [1.29, 1.82) is 0 Å². The summed E-state index contributed by atoms with van der Waals surface area (Å²) in [7, 11) is 1.49. The van der Waals surface area contributed by atoms with Crippen molar-refractivity contribution in [2.45, 2.75) is 26.3 Å². The van der Waals surface area contributed by atoms with Crippen LogP contribution in [0.5, 0.6) is 0 Å². The Labute approximate surface area is 55.6 Å². The normalized spacial score (nSPS) is 12.8. The number of hydroxylamine groups is 2. The molecule has 0 rings (SSSR count). The predicted octanol–water partition coefficient (Wildman–Crippen LogP) is 0.805. The zero-order valence-electron chi connectivity index (χ0n) is 6.13. The zero-order valence-corrected chi connectivity index (χ0v) is 6.13. The molecular weight excluding hydrogens is 118 g/mol. The van der Waals surface area contributed by atoms with Crippen molar-refractivity contribution in [3.05, 3.63) is 0 Å². The van der Waals surface area contributed by atoms with Gasteiger partial charge in [0.05, 0.1) is 13.2 Å². The first-order valence-electron chi connectivity index (χ1n) is 3.04. The van der Waals surface area contributed by atoms with Crippen molar-refractivity contribution in [2.24, 2.45) is 0 Å². The van der Waals surface area contributed by atoms with E-state index in [1.54, 1.807) is 0 Å². The average Bonchev–Trinajstić information content (AvgIpc) is 1.90. The molecule has 0 heterocycles. The van der Waals surface area contributed by atoms with Gasteiger partial charge >= 0.3 is 0 Å². The first kappa shape index (κ1) is 8.43. The Morgan fingerprint density at radius 3 is 2.44 bits per heavy atom. The Kier molecular flexibility index (Phi) is 4.05. The summed E-state index contributed by atoms with van der Waals surface area (Å²) < 4.78 is 0. The van der Waals surface area contributed by atoms with Crippen LogP contribution in [0.25, 0.3) is 0 Å². The van der Waals surface area contributed by atoms with Crippen LogP contribution < -0.4 is 0 Å². The van der Waals surface area contributed by atoms with Gasteiger partial charge in [0.15, 0.2) is 0 Å². The van der Waals surface area contributed by atoms with Crippen LogP contribution in [-0.4, -0.2) is 24.6 Å². The average molecular weight is 131 g/mol. The molecule has 0 aromatic carbocycles. The van der Waals surface area contributed by atoms with Crippen LogP contribution in [0.1, 0.15) is 20.3 Å². The minimum atomic E-state index is 0.174. The molecule has 3 nitrogen and oxygen atoms in total. The summed E-state index contributed by atoms with van der Waals surface area (Å²) in [4.78, 5) is 14.9. The summed E-state index contributed by atoms with van der Waals surface area (Å²) >= 11 is 0. The number of hydrogen-bond acceptors (Lipinski definition) is 2. The lowest BCUT2D eigenvalue weighted by molar-refractivity contribution is -0.171. The number of carbonyl (C=O) groups is 1. The third-order valence-corrected chi connectivity index (χ3v) is 1.34. The second kappa shape index (κ2) is 4.32. The van der Waals surface area contributed by atoms with Gasteiger partial charge in [-0.05, 0) is 13.3 Å². The number of nitrogens with zero attached hydrogens (tertiary/aromatic N) is 1. The van der Waals surface area contributed by atoms with E-state index >= 15 is 0 Å². The van der Waals surface area contributed by atoms with Gasteiger partial charge < -0.3 is 0 Å². The molecule has 54 valence electrons. The molecule has 0 saturated heterocycles. The van der Waals surface area contributed by atoms with E-state index < -0.39 is 0 Å². The van der Waals surface area contributed by atoms with Crippen molar-refractivity contribution in [3.63, 3.8) is 0 Å². The standard InChI is InChI=1S/C6H13NO2/c1-4-6(2)7(5-8)9-3/h5-6H,4H2,1-3H3. The summed E-state index contributed by atoms with van der Waals surface area (Å²) in [6.07, 6.45) is 1.60. The quantitative estimate of drug-likeness (QED) is 0.417. The van der Waals surface area contributed by atoms with Crippen LogP contribution >= 0.6 is 0 Å². The molecule has 1 atom stereocenters. The highest BCUT2D eigenvalue weighted by molar-refractivity contribution is 5.45. The molecule has 0 aliphatic carbocycles.